The molecule has 1 aliphatic rings. The Kier molecular flexibility index (Phi) is 9.89. The number of aromatic amines is 1. The summed E-state index contributed by atoms with van der Waals surface area (Å²) in [5.41, 5.74) is -1.11. The summed E-state index contributed by atoms with van der Waals surface area (Å²) in [6.07, 6.45) is -2.13. The number of hydrogen-bond donors (Lipinski definition) is 1. The van der Waals surface area contributed by atoms with Gasteiger partial charge in [-0.25, -0.2) is 4.79 Å². The van der Waals surface area contributed by atoms with Crippen molar-refractivity contribution < 1.29 is 33.3 Å². The first-order chi connectivity index (χ1) is 20.1. The molecular weight excluding hydrogens is 544 g/mol. The van der Waals surface area contributed by atoms with Gasteiger partial charge in [0.2, 0.25) is 0 Å². The summed E-state index contributed by atoms with van der Waals surface area (Å²) in [7, 11) is 0. The van der Waals surface area contributed by atoms with E-state index in [1.54, 1.807) is 0 Å². The average molecular weight is 579 g/mol. The van der Waals surface area contributed by atoms with Crippen LogP contribution >= 0.6 is 0 Å². The monoisotopic (exact) mass is 578 g/mol. The van der Waals surface area contributed by atoms with Crippen molar-refractivity contribution in [3.05, 3.63) is 117 Å². The molecule has 5 atom stereocenters. The predicted octanol–water partition coefficient (Wildman–Crippen LogP) is 2.96. The second kappa shape index (κ2) is 13.6. The van der Waals surface area contributed by atoms with Crippen molar-refractivity contribution >= 4 is 11.9 Å². The fourth-order valence-electron chi connectivity index (χ4n) is 4.94. The van der Waals surface area contributed by atoms with E-state index in [0.717, 1.165) is 15.7 Å². The lowest BCUT2D eigenvalue weighted by Crippen LogP contribution is -2.57. The second-order valence-corrected chi connectivity index (χ2v) is 9.98. The maximum Gasteiger partial charge on any atom is 0.330 e. The van der Waals surface area contributed by atoms with Gasteiger partial charge in [-0.2, -0.15) is 0 Å². The Hall–Kier alpha value is -4.32. The van der Waals surface area contributed by atoms with Gasteiger partial charge in [0.15, 0.2) is 24.0 Å². The van der Waals surface area contributed by atoms with E-state index in [4.69, 9.17) is 23.7 Å². The fourth-order valence-corrected chi connectivity index (χ4v) is 4.94. The van der Waals surface area contributed by atoms with E-state index in [0.29, 0.717) is 0 Å². The van der Waals surface area contributed by atoms with Gasteiger partial charge in [-0.05, 0) is 24.1 Å². The summed E-state index contributed by atoms with van der Waals surface area (Å²) in [4.78, 5) is 52.1. The van der Waals surface area contributed by atoms with Gasteiger partial charge in [0, 0.05) is 25.6 Å². The summed E-state index contributed by atoms with van der Waals surface area (Å²) in [6.45, 7) is 7.85. The van der Waals surface area contributed by atoms with Crippen molar-refractivity contribution in [1.29, 1.82) is 0 Å². The van der Waals surface area contributed by atoms with E-state index in [-0.39, 0.29) is 25.4 Å². The highest BCUT2D eigenvalue weighted by Crippen LogP contribution is 2.44. The van der Waals surface area contributed by atoms with Crippen LogP contribution in [0.4, 0.5) is 0 Å². The highest BCUT2D eigenvalue weighted by molar-refractivity contribution is 5.67. The number of hydrogen-bond acceptors (Lipinski definition) is 9. The zero-order valence-electron chi connectivity index (χ0n) is 23.7. The molecule has 0 amide bonds. The van der Waals surface area contributed by atoms with Gasteiger partial charge in [-0.15, -0.1) is 0 Å². The summed E-state index contributed by atoms with van der Waals surface area (Å²) < 4.78 is 31.7. The number of nitrogens with zero attached hydrogens (tertiary/aromatic N) is 1. The Balaban J connectivity index is 1.84. The molecule has 0 radical (unpaired) electrons. The van der Waals surface area contributed by atoms with E-state index in [1.807, 2.05) is 60.7 Å². The van der Waals surface area contributed by atoms with Crippen LogP contribution < -0.4 is 11.2 Å². The first-order valence-electron chi connectivity index (χ1n) is 13.4. The van der Waals surface area contributed by atoms with E-state index in [1.165, 1.54) is 33.0 Å². The van der Waals surface area contributed by atoms with Gasteiger partial charge >= 0.3 is 17.6 Å². The third-order valence-corrected chi connectivity index (χ3v) is 6.82. The molecule has 4 rings (SSSR count). The van der Waals surface area contributed by atoms with E-state index in [2.05, 4.69) is 11.6 Å². The molecule has 0 bridgehead atoms. The van der Waals surface area contributed by atoms with Crippen LogP contribution in [0.3, 0.4) is 0 Å². The van der Waals surface area contributed by atoms with Gasteiger partial charge in [-0.3, -0.25) is 23.9 Å². The third-order valence-electron chi connectivity index (χ3n) is 6.82. The molecule has 2 heterocycles. The van der Waals surface area contributed by atoms with Crippen molar-refractivity contribution in [3.63, 3.8) is 0 Å². The molecule has 1 N–H and O–H groups in total. The number of carbonyl (C=O) groups is 2. The van der Waals surface area contributed by atoms with Crippen molar-refractivity contribution in [3.8, 4) is 0 Å². The number of H-pyrrole nitrogens is 1. The molecule has 0 spiro atoms. The fraction of sp³-hybridized carbons (Fsp3) is 0.355. The van der Waals surface area contributed by atoms with Crippen LogP contribution in [0.5, 0.6) is 0 Å². The molecular formula is C31H34N2O9. The molecule has 0 aliphatic carbocycles. The third kappa shape index (κ3) is 6.93. The topological polar surface area (TPSA) is 135 Å². The number of nitrogens with one attached hydrogen (secondary N) is 1. The number of ether oxygens (including phenoxy) is 5. The summed E-state index contributed by atoms with van der Waals surface area (Å²) >= 11 is 0. The van der Waals surface area contributed by atoms with E-state index >= 15 is 0 Å². The average Bonchev–Trinajstić information content (AvgIpc) is 3.26. The van der Waals surface area contributed by atoms with E-state index < -0.39 is 53.3 Å². The number of benzene rings is 2. The SMILES string of the molecule is C=C[C@H](OC(C)=O)[C@@]1(COCc2ccccc2)O[C@@H](n2cc(C)c(=O)[nH]c2=O)[C@H](OC(C)=O)[C@@H]1OCc1ccccc1. The van der Waals surface area contributed by atoms with Gasteiger partial charge in [0.05, 0.1) is 19.8 Å². The smallest absolute Gasteiger partial charge is 0.330 e. The number of aromatic nitrogens is 2. The highest BCUT2D eigenvalue weighted by atomic mass is 16.7. The molecule has 3 aromatic rings. The van der Waals surface area contributed by atoms with Gasteiger partial charge in [0.25, 0.3) is 5.56 Å². The number of carbonyl (C=O) groups excluding carboxylic acids is 2. The minimum atomic E-state index is -1.65. The van der Waals surface area contributed by atoms with Gasteiger partial charge in [0.1, 0.15) is 6.10 Å². The standard InChI is InChI=1S/C31H34N2O9/c1-5-25(40-21(3)34)31(19-38-17-23-12-8-6-9-13-23)27(39-18-24-14-10-7-11-15-24)26(41-22(4)35)29(42-31)33-16-20(2)28(36)32-30(33)37/h5-16,25-27,29H,1,17-19H2,2-4H3,(H,32,36,37)/t25-,26+,27-,29+,31+/m0/s1. The summed E-state index contributed by atoms with van der Waals surface area (Å²) in [5, 5.41) is 0. The Labute approximate surface area is 242 Å². The molecule has 0 unspecified atom stereocenters. The normalized spacial score (nSPS) is 22.3. The lowest BCUT2D eigenvalue weighted by Gasteiger charge is -2.38. The molecule has 222 valence electrons. The predicted molar refractivity (Wildman–Crippen MR) is 151 cm³/mol. The quantitative estimate of drug-likeness (QED) is 0.254. The summed E-state index contributed by atoms with van der Waals surface area (Å²) in [6, 6.07) is 18.7. The van der Waals surface area contributed by atoms with Gasteiger partial charge in [-0.1, -0.05) is 67.2 Å². The maximum absolute atomic E-state index is 13.0. The molecule has 11 heteroatoms. The zero-order valence-corrected chi connectivity index (χ0v) is 23.7. The second-order valence-electron chi connectivity index (χ2n) is 9.98. The van der Waals surface area contributed by atoms with Crippen LogP contribution in [-0.4, -0.2) is 52.0 Å². The molecule has 1 aromatic heterocycles. The van der Waals surface area contributed by atoms with Crippen molar-refractivity contribution in [2.75, 3.05) is 6.61 Å². The first-order valence-corrected chi connectivity index (χ1v) is 13.4. The van der Waals surface area contributed by atoms with Gasteiger partial charge < -0.3 is 23.7 Å². The largest absolute Gasteiger partial charge is 0.455 e. The molecule has 42 heavy (non-hydrogen) atoms. The Morgan fingerprint density at radius 1 is 1.02 bits per heavy atom. The molecule has 0 saturated carbocycles. The van der Waals surface area contributed by atoms with Crippen LogP contribution in [0.1, 0.15) is 36.8 Å². The Bertz CT molecular complexity index is 1500. The molecule has 1 saturated heterocycles. The van der Waals surface area contributed by atoms with Crippen molar-refractivity contribution in [2.24, 2.45) is 0 Å². The first kappa shape index (κ1) is 30.6. The minimum absolute atomic E-state index is 0.0588. The Morgan fingerprint density at radius 3 is 2.21 bits per heavy atom. The Morgan fingerprint density at radius 2 is 1.64 bits per heavy atom. The molecule has 11 nitrogen and oxygen atoms in total. The molecule has 1 aliphatic heterocycles. The van der Waals surface area contributed by atoms with Crippen LogP contribution in [0, 0.1) is 6.92 Å². The minimum Gasteiger partial charge on any atom is -0.455 e. The van der Waals surface area contributed by atoms with Crippen LogP contribution in [0.15, 0.2) is 89.1 Å². The highest BCUT2D eigenvalue weighted by Gasteiger charge is 2.63. The number of esters is 2. The maximum atomic E-state index is 13.0. The number of aryl methyl sites for hydroxylation is 1. The zero-order chi connectivity index (χ0) is 30.3. The van der Waals surface area contributed by atoms with Crippen molar-refractivity contribution in [1.82, 2.24) is 9.55 Å². The van der Waals surface area contributed by atoms with Crippen molar-refractivity contribution in [2.45, 2.75) is 64.1 Å². The lowest BCUT2D eigenvalue weighted by atomic mass is 9.89. The van der Waals surface area contributed by atoms with E-state index in [9.17, 15) is 19.2 Å². The summed E-state index contributed by atoms with van der Waals surface area (Å²) in [5.74, 6) is -1.29. The lowest BCUT2D eigenvalue weighted by molar-refractivity contribution is -0.206. The van der Waals surface area contributed by atoms with Crippen LogP contribution in [-0.2, 0) is 46.5 Å². The molecule has 2 aromatic carbocycles. The number of rotatable bonds is 12. The van der Waals surface area contributed by atoms with Crippen LogP contribution in [0.25, 0.3) is 0 Å². The van der Waals surface area contributed by atoms with Crippen LogP contribution in [0.2, 0.25) is 0 Å². The molecule has 1 fully saturated rings.